The van der Waals surface area contributed by atoms with Crippen molar-refractivity contribution in [3.63, 3.8) is 0 Å². The highest BCUT2D eigenvalue weighted by Gasteiger charge is 2.22. The molecule has 2 nitrogen and oxygen atoms in total. The SMILES string of the molecule is CCc1ccc(C(O)C(CN)c2ccc(Cl)c(Cl)c2)cc1. The summed E-state index contributed by atoms with van der Waals surface area (Å²) in [5.41, 5.74) is 8.83. The Kier molecular flexibility index (Phi) is 5.65. The van der Waals surface area contributed by atoms with Crippen molar-refractivity contribution in [2.24, 2.45) is 5.73 Å². The van der Waals surface area contributed by atoms with Crippen LogP contribution in [0.4, 0.5) is 0 Å². The number of aliphatic hydroxyl groups is 1. The van der Waals surface area contributed by atoms with Crippen molar-refractivity contribution in [3.8, 4) is 0 Å². The molecule has 0 aliphatic rings. The molecule has 0 amide bonds. The van der Waals surface area contributed by atoms with Gasteiger partial charge in [0.15, 0.2) is 0 Å². The first kappa shape index (κ1) is 16.3. The van der Waals surface area contributed by atoms with Crippen molar-refractivity contribution >= 4 is 23.2 Å². The minimum absolute atomic E-state index is 0.216. The van der Waals surface area contributed by atoms with Crippen LogP contribution in [0.5, 0.6) is 0 Å². The number of hydrogen-bond acceptors (Lipinski definition) is 2. The highest BCUT2D eigenvalue weighted by Crippen LogP contribution is 2.33. The fourth-order valence-electron chi connectivity index (χ4n) is 2.37. The van der Waals surface area contributed by atoms with Gasteiger partial charge in [0.25, 0.3) is 0 Å². The lowest BCUT2D eigenvalue weighted by Crippen LogP contribution is -2.20. The lowest BCUT2D eigenvalue weighted by molar-refractivity contribution is 0.147. The highest BCUT2D eigenvalue weighted by molar-refractivity contribution is 6.42. The molecule has 2 aromatic carbocycles. The molecular formula is C17H19Cl2NO. The standard InChI is InChI=1S/C17H19Cl2NO/c1-2-11-3-5-12(6-4-11)17(21)14(10-20)13-7-8-15(18)16(19)9-13/h3-9,14,17,21H,2,10,20H2,1H3. The third kappa shape index (κ3) is 3.78. The molecule has 2 unspecified atom stereocenters. The van der Waals surface area contributed by atoms with Gasteiger partial charge in [-0.1, -0.05) is 60.5 Å². The van der Waals surface area contributed by atoms with Gasteiger partial charge in [-0.3, -0.25) is 0 Å². The van der Waals surface area contributed by atoms with E-state index in [1.807, 2.05) is 30.3 Å². The van der Waals surface area contributed by atoms with Gasteiger partial charge in [0.1, 0.15) is 0 Å². The average Bonchev–Trinajstić information content (AvgIpc) is 2.51. The first-order valence-electron chi connectivity index (χ1n) is 6.98. The van der Waals surface area contributed by atoms with E-state index in [1.54, 1.807) is 12.1 Å². The van der Waals surface area contributed by atoms with E-state index in [0.717, 1.165) is 17.5 Å². The highest BCUT2D eigenvalue weighted by atomic mass is 35.5. The van der Waals surface area contributed by atoms with Crippen LogP contribution in [0.2, 0.25) is 10.0 Å². The largest absolute Gasteiger partial charge is 0.388 e. The molecule has 0 aliphatic carbocycles. The van der Waals surface area contributed by atoms with Crippen molar-refractivity contribution in [1.82, 2.24) is 0 Å². The molecule has 2 atom stereocenters. The summed E-state index contributed by atoms with van der Waals surface area (Å²) >= 11 is 12.0. The summed E-state index contributed by atoms with van der Waals surface area (Å²) in [4.78, 5) is 0. The van der Waals surface area contributed by atoms with E-state index in [9.17, 15) is 5.11 Å². The molecule has 0 heterocycles. The molecule has 21 heavy (non-hydrogen) atoms. The molecule has 0 bridgehead atoms. The van der Waals surface area contributed by atoms with Crippen LogP contribution in [-0.4, -0.2) is 11.7 Å². The maximum absolute atomic E-state index is 10.6. The van der Waals surface area contributed by atoms with Crippen molar-refractivity contribution in [2.75, 3.05) is 6.54 Å². The van der Waals surface area contributed by atoms with E-state index < -0.39 is 6.10 Å². The van der Waals surface area contributed by atoms with E-state index in [0.29, 0.717) is 16.6 Å². The molecule has 4 heteroatoms. The number of aliphatic hydroxyl groups excluding tert-OH is 1. The van der Waals surface area contributed by atoms with Crippen LogP contribution >= 0.6 is 23.2 Å². The first-order chi connectivity index (χ1) is 10.1. The smallest absolute Gasteiger partial charge is 0.0870 e. The lowest BCUT2D eigenvalue weighted by Gasteiger charge is -2.23. The minimum Gasteiger partial charge on any atom is -0.388 e. The maximum Gasteiger partial charge on any atom is 0.0870 e. The molecule has 2 rings (SSSR count). The number of nitrogens with two attached hydrogens (primary N) is 1. The molecule has 0 aromatic heterocycles. The monoisotopic (exact) mass is 323 g/mol. The Morgan fingerprint density at radius 2 is 1.62 bits per heavy atom. The van der Waals surface area contributed by atoms with E-state index in [2.05, 4.69) is 6.92 Å². The molecule has 0 radical (unpaired) electrons. The number of hydrogen-bond donors (Lipinski definition) is 2. The van der Waals surface area contributed by atoms with Gasteiger partial charge in [-0.05, 0) is 35.2 Å². The second-order valence-electron chi connectivity index (χ2n) is 5.06. The number of halogens is 2. The van der Waals surface area contributed by atoms with Gasteiger partial charge in [0.2, 0.25) is 0 Å². The Hall–Kier alpha value is -1.06. The molecule has 0 aliphatic heterocycles. The molecule has 0 fully saturated rings. The third-order valence-corrected chi connectivity index (χ3v) is 4.48. The molecule has 0 spiro atoms. The van der Waals surface area contributed by atoms with Gasteiger partial charge in [0, 0.05) is 12.5 Å². The first-order valence-corrected chi connectivity index (χ1v) is 7.74. The van der Waals surface area contributed by atoms with Gasteiger partial charge in [-0.2, -0.15) is 0 Å². The van der Waals surface area contributed by atoms with Crippen LogP contribution in [0.15, 0.2) is 42.5 Å². The molecule has 112 valence electrons. The zero-order valence-corrected chi connectivity index (χ0v) is 13.4. The molecule has 0 saturated carbocycles. The Balaban J connectivity index is 2.28. The number of benzene rings is 2. The third-order valence-electron chi connectivity index (χ3n) is 3.74. The van der Waals surface area contributed by atoms with E-state index in [-0.39, 0.29) is 5.92 Å². The zero-order chi connectivity index (χ0) is 15.4. The van der Waals surface area contributed by atoms with Gasteiger partial charge < -0.3 is 10.8 Å². The van der Waals surface area contributed by atoms with Crippen LogP contribution in [0.1, 0.15) is 35.6 Å². The van der Waals surface area contributed by atoms with Crippen molar-refractivity contribution in [3.05, 3.63) is 69.2 Å². The van der Waals surface area contributed by atoms with E-state index in [4.69, 9.17) is 28.9 Å². The van der Waals surface area contributed by atoms with Crippen molar-refractivity contribution in [1.29, 1.82) is 0 Å². The van der Waals surface area contributed by atoms with E-state index in [1.165, 1.54) is 5.56 Å². The predicted octanol–water partition coefficient (Wildman–Crippen LogP) is 4.33. The Morgan fingerprint density at radius 3 is 2.14 bits per heavy atom. The summed E-state index contributed by atoms with van der Waals surface area (Å²) in [6, 6.07) is 13.3. The number of aryl methyl sites for hydroxylation is 1. The fraction of sp³-hybridized carbons (Fsp3) is 0.294. The number of rotatable bonds is 5. The fourth-order valence-corrected chi connectivity index (χ4v) is 2.68. The quantitative estimate of drug-likeness (QED) is 0.860. The van der Waals surface area contributed by atoms with Crippen molar-refractivity contribution < 1.29 is 5.11 Å². The van der Waals surface area contributed by atoms with Crippen LogP contribution in [0, 0.1) is 0 Å². The normalized spacial score (nSPS) is 14.0. The Morgan fingerprint density at radius 1 is 1.00 bits per heavy atom. The van der Waals surface area contributed by atoms with Gasteiger partial charge in [-0.25, -0.2) is 0 Å². The van der Waals surface area contributed by atoms with E-state index >= 15 is 0 Å². The van der Waals surface area contributed by atoms with Crippen molar-refractivity contribution in [2.45, 2.75) is 25.4 Å². The second-order valence-corrected chi connectivity index (χ2v) is 5.87. The van der Waals surface area contributed by atoms with Crippen LogP contribution < -0.4 is 5.73 Å². The van der Waals surface area contributed by atoms with Crippen LogP contribution in [0.25, 0.3) is 0 Å². The summed E-state index contributed by atoms with van der Waals surface area (Å²) < 4.78 is 0. The maximum atomic E-state index is 10.6. The molecular weight excluding hydrogens is 305 g/mol. The molecule has 3 N–H and O–H groups in total. The zero-order valence-electron chi connectivity index (χ0n) is 11.9. The lowest BCUT2D eigenvalue weighted by atomic mass is 9.89. The van der Waals surface area contributed by atoms with Gasteiger partial charge >= 0.3 is 0 Å². The summed E-state index contributed by atoms with van der Waals surface area (Å²) in [7, 11) is 0. The Labute approximate surface area is 135 Å². The van der Waals surface area contributed by atoms with Crippen LogP contribution in [-0.2, 0) is 6.42 Å². The summed E-state index contributed by atoms with van der Waals surface area (Å²) in [6.07, 6.45) is 0.307. The van der Waals surface area contributed by atoms with Gasteiger partial charge in [-0.15, -0.1) is 0 Å². The summed E-state index contributed by atoms with van der Waals surface area (Å²) in [6.45, 7) is 2.43. The second kappa shape index (κ2) is 7.28. The predicted molar refractivity (Wildman–Crippen MR) is 89.0 cm³/mol. The Bertz CT molecular complexity index is 598. The summed E-state index contributed by atoms with van der Waals surface area (Å²) in [5, 5.41) is 11.6. The minimum atomic E-state index is -0.668. The van der Waals surface area contributed by atoms with Crippen LogP contribution in [0.3, 0.4) is 0 Å². The summed E-state index contributed by atoms with van der Waals surface area (Å²) in [5.74, 6) is -0.216. The topological polar surface area (TPSA) is 46.2 Å². The molecule has 2 aromatic rings. The van der Waals surface area contributed by atoms with Gasteiger partial charge in [0.05, 0.1) is 16.1 Å². The molecule has 0 saturated heterocycles. The average molecular weight is 324 g/mol.